The molecule has 56 valence electrons. The third kappa shape index (κ3) is 1.32. The average Bonchev–Trinajstić information content (AvgIpc) is 2.34. The molecule has 0 radical (unpaired) electrons. The second-order valence-electron chi connectivity index (χ2n) is 2.41. The van der Waals surface area contributed by atoms with Gasteiger partial charge in [0.25, 0.3) is 0 Å². The first-order valence-corrected chi connectivity index (χ1v) is 3.50. The topological polar surface area (TPSA) is 43.6 Å². The van der Waals surface area contributed by atoms with E-state index in [-0.39, 0.29) is 0 Å². The highest BCUT2D eigenvalue weighted by Gasteiger charge is 2.03. The maximum absolute atomic E-state index is 4.08. The minimum absolute atomic E-state index is 0.362. The molecule has 0 saturated heterocycles. The van der Waals surface area contributed by atoms with Gasteiger partial charge in [-0.05, 0) is 25.5 Å². The highest BCUT2D eigenvalue weighted by Crippen LogP contribution is 2.04. The third-order valence-electron chi connectivity index (χ3n) is 1.51. The van der Waals surface area contributed by atoms with Gasteiger partial charge in [0.15, 0.2) is 5.82 Å². The fraction of sp³-hybridized carbons (Fsp3) is 0.833. The zero-order chi connectivity index (χ0) is 7.56. The zero-order valence-corrected chi connectivity index (χ0v) is 6.57. The molecular weight excluding hydrogens is 128 g/mol. The lowest BCUT2D eigenvalue weighted by atomic mass is 10.3. The van der Waals surface area contributed by atoms with Crippen LogP contribution >= 0.6 is 0 Å². The minimum Gasteiger partial charge on any atom is -0.161 e. The number of tetrazole rings is 1. The Hall–Kier alpha value is -0.930. The molecule has 4 heteroatoms. The number of hydrogen-bond donors (Lipinski definition) is 0. The Morgan fingerprint density at radius 3 is 2.70 bits per heavy atom. The van der Waals surface area contributed by atoms with Crippen molar-refractivity contribution in [2.45, 2.75) is 33.2 Å². The van der Waals surface area contributed by atoms with E-state index in [1.165, 1.54) is 0 Å². The van der Waals surface area contributed by atoms with Crippen LogP contribution in [0.4, 0.5) is 0 Å². The van der Waals surface area contributed by atoms with Crippen molar-refractivity contribution in [2.75, 3.05) is 0 Å². The van der Waals surface area contributed by atoms with Crippen LogP contribution < -0.4 is 0 Å². The third-order valence-corrected chi connectivity index (χ3v) is 1.51. The Morgan fingerprint density at radius 2 is 2.30 bits per heavy atom. The smallest absolute Gasteiger partial charge is 0.161 e. The molecule has 0 bridgehead atoms. The molecule has 1 heterocycles. The summed E-state index contributed by atoms with van der Waals surface area (Å²) in [5, 5.41) is 11.7. The normalized spacial score (nSPS) is 13.5. The van der Waals surface area contributed by atoms with Crippen molar-refractivity contribution in [3.63, 3.8) is 0 Å². The monoisotopic (exact) mass is 140 g/mol. The number of aromatic nitrogens is 4. The summed E-state index contributed by atoms with van der Waals surface area (Å²) < 4.78 is 0. The quantitative estimate of drug-likeness (QED) is 0.614. The summed E-state index contributed by atoms with van der Waals surface area (Å²) in [6, 6.07) is 0.362. The molecule has 1 unspecified atom stereocenters. The van der Waals surface area contributed by atoms with Crippen molar-refractivity contribution in [3.8, 4) is 0 Å². The zero-order valence-electron chi connectivity index (χ0n) is 6.57. The van der Waals surface area contributed by atoms with Gasteiger partial charge in [0.1, 0.15) is 0 Å². The first-order valence-electron chi connectivity index (χ1n) is 3.50. The summed E-state index contributed by atoms with van der Waals surface area (Å²) in [5.74, 6) is 0.736. The molecule has 0 aliphatic heterocycles. The van der Waals surface area contributed by atoms with Crippen molar-refractivity contribution in [1.29, 1.82) is 0 Å². The van der Waals surface area contributed by atoms with Crippen LogP contribution in [-0.2, 0) is 0 Å². The predicted molar refractivity (Wildman–Crippen MR) is 37.6 cm³/mol. The van der Waals surface area contributed by atoms with Crippen molar-refractivity contribution >= 4 is 0 Å². The van der Waals surface area contributed by atoms with Gasteiger partial charge in [-0.2, -0.15) is 4.80 Å². The van der Waals surface area contributed by atoms with Gasteiger partial charge in [-0.3, -0.25) is 0 Å². The van der Waals surface area contributed by atoms with Gasteiger partial charge in [0, 0.05) is 0 Å². The standard InChI is InChI=1S/C6H12N4/c1-4-5(2)10-8-6(3)7-9-10/h5H,4H2,1-3H3. The van der Waals surface area contributed by atoms with E-state index in [1.807, 2.05) is 6.92 Å². The molecule has 0 aliphatic carbocycles. The molecule has 0 fully saturated rings. The summed E-state index contributed by atoms with van der Waals surface area (Å²) in [5.41, 5.74) is 0. The molecule has 0 N–H and O–H groups in total. The number of rotatable bonds is 2. The SMILES string of the molecule is CCC(C)n1nnc(C)n1. The molecule has 0 aliphatic rings. The highest BCUT2D eigenvalue weighted by molar-refractivity contribution is 4.68. The molecule has 1 aromatic rings. The van der Waals surface area contributed by atoms with Gasteiger partial charge < -0.3 is 0 Å². The van der Waals surface area contributed by atoms with Gasteiger partial charge in [-0.15, -0.1) is 10.2 Å². The lowest BCUT2D eigenvalue weighted by Gasteiger charge is -2.03. The van der Waals surface area contributed by atoms with Crippen LogP contribution in [0.25, 0.3) is 0 Å². The Kier molecular flexibility index (Phi) is 1.99. The lowest BCUT2D eigenvalue weighted by Crippen LogP contribution is -2.07. The Balaban J connectivity index is 2.74. The van der Waals surface area contributed by atoms with E-state index in [2.05, 4.69) is 29.3 Å². The van der Waals surface area contributed by atoms with E-state index >= 15 is 0 Å². The fourth-order valence-electron chi connectivity index (χ4n) is 0.649. The van der Waals surface area contributed by atoms with Crippen molar-refractivity contribution in [2.24, 2.45) is 0 Å². The molecule has 10 heavy (non-hydrogen) atoms. The average molecular weight is 140 g/mol. The van der Waals surface area contributed by atoms with E-state index in [0.29, 0.717) is 6.04 Å². The number of nitrogens with zero attached hydrogens (tertiary/aromatic N) is 4. The van der Waals surface area contributed by atoms with E-state index in [9.17, 15) is 0 Å². The van der Waals surface area contributed by atoms with Gasteiger partial charge in [-0.1, -0.05) is 6.92 Å². The van der Waals surface area contributed by atoms with Crippen LogP contribution in [-0.4, -0.2) is 20.2 Å². The molecule has 1 rings (SSSR count). The fourth-order valence-corrected chi connectivity index (χ4v) is 0.649. The number of hydrogen-bond acceptors (Lipinski definition) is 3. The van der Waals surface area contributed by atoms with E-state index in [1.54, 1.807) is 4.80 Å². The second kappa shape index (κ2) is 2.77. The lowest BCUT2D eigenvalue weighted by molar-refractivity contribution is 0.413. The molecule has 4 nitrogen and oxygen atoms in total. The molecule has 0 aromatic carbocycles. The molecule has 1 aromatic heterocycles. The van der Waals surface area contributed by atoms with Crippen LogP contribution in [0.2, 0.25) is 0 Å². The van der Waals surface area contributed by atoms with Gasteiger partial charge in [0.2, 0.25) is 0 Å². The van der Waals surface area contributed by atoms with Gasteiger partial charge in [-0.25, -0.2) is 0 Å². The summed E-state index contributed by atoms with van der Waals surface area (Å²) in [4.78, 5) is 1.65. The maximum Gasteiger partial charge on any atom is 0.171 e. The molecule has 0 saturated carbocycles. The van der Waals surface area contributed by atoms with E-state index in [0.717, 1.165) is 12.2 Å². The summed E-state index contributed by atoms with van der Waals surface area (Å²) in [7, 11) is 0. The van der Waals surface area contributed by atoms with Crippen molar-refractivity contribution < 1.29 is 0 Å². The second-order valence-corrected chi connectivity index (χ2v) is 2.41. The predicted octanol–water partition coefficient (Wildman–Crippen LogP) is 0.953. The summed E-state index contributed by atoms with van der Waals surface area (Å²) in [6.45, 7) is 6.01. The Bertz CT molecular complexity index is 205. The largest absolute Gasteiger partial charge is 0.171 e. The maximum atomic E-state index is 4.08. The van der Waals surface area contributed by atoms with Crippen LogP contribution in [0.5, 0.6) is 0 Å². The molecule has 0 spiro atoms. The first kappa shape index (κ1) is 7.18. The summed E-state index contributed by atoms with van der Waals surface area (Å²) in [6.07, 6.45) is 1.04. The van der Waals surface area contributed by atoms with Crippen LogP contribution in [0.1, 0.15) is 32.1 Å². The van der Waals surface area contributed by atoms with Gasteiger partial charge >= 0.3 is 0 Å². The number of aryl methyl sites for hydroxylation is 1. The first-order chi connectivity index (χ1) is 4.74. The Labute approximate surface area is 60.2 Å². The summed E-state index contributed by atoms with van der Waals surface area (Å²) >= 11 is 0. The van der Waals surface area contributed by atoms with E-state index in [4.69, 9.17) is 0 Å². The molecular formula is C6H12N4. The van der Waals surface area contributed by atoms with Crippen molar-refractivity contribution in [1.82, 2.24) is 20.2 Å². The molecule has 0 amide bonds. The Morgan fingerprint density at radius 1 is 1.60 bits per heavy atom. The van der Waals surface area contributed by atoms with Crippen molar-refractivity contribution in [3.05, 3.63) is 5.82 Å². The van der Waals surface area contributed by atoms with Crippen LogP contribution in [0, 0.1) is 6.92 Å². The minimum atomic E-state index is 0.362. The molecule has 1 atom stereocenters. The van der Waals surface area contributed by atoms with Gasteiger partial charge in [0.05, 0.1) is 6.04 Å². The van der Waals surface area contributed by atoms with Crippen LogP contribution in [0.3, 0.4) is 0 Å². The van der Waals surface area contributed by atoms with E-state index < -0.39 is 0 Å². The highest BCUT2D eigenvalue weighted by atomic mass is 15.6. The van der Waals surface area contributed by atoms with Crippen LogP contribution in [0.15, 0.2) is 0 Å².